The fourth-order valence-electron chi connectivity index (χ4n) is 3.57. The molecule has 1 aliphatic heterocycles. The number of carbonyl (C=O) groups is 1. The molecule has 4 rings (SSSR count). The van der Waals surface area contributed by atoms with Gasteiger partial charge < -0.3 is 9.80 Å². The molecule has 0 atom stereocenters. The van der Waals surface area contributed by atoms with Crippen LogP contribution >= 0.6 is 0 Å². The Labute approximate surface area is 165 Å². The lowest BCUT2D eigenvalue weighted by Gasteiger charge is -2.36. The maximum Gasteiger partial charge on any atom is 0.222 e. The molecular weight excluding hydrogens is 350 g/mol. The largest absolute Gasteiger partial charge is 0.352 e. The Morgan fingerprint density at radius 3 is 2.54 bits per heavy atom. The van der Waals surface area contributed by atoms with Crippen molar-refractivity contribution in [1.82, 2.24) is 19.9 Å². The third-order valence-electron chi connectivity index (χ3n) is 5.02. The number of carbonyl (C=O) groups excluding carboxylic acids is 1. The summed E-state index contributed by atoms with van der Waals surface area (Å²) < 4.78 is 0. The average Bonchev–Trinajstić information content (AvgIpc) is 2.73. The predicted molar refractivity (Wildman–Crippen MR) is 111 cm³/mol. The van der Waals surface area contributed by atoms with Crippen LogP contribution in [0.4, 0.5) is 5.82 Å². The highest BCUT2D eigenvalue weighted by molar-refractivity contribution is 5.91. The summed E-state index contributed by atoms with van der Waals surface area (Å²) in [4.78, 5) is 30.4. The van der Waals surface area contributed by atoms with Crippen LogP contribution in [0.3, 0.4) is 0 Å². The molecule has 0 saturated carbocycles. The van der Waals surface area contributed by atoms with E-state index < -0.39 is 0 Å². The van der Waals surface area contributed by atoms with Gasteiger partial charge in [-0.05, 0) is 30.2 Å². The van der Waals surface area contributed by atoms with E-state index in [1.54, 1.807) is 12.4 Å². The molecule has 1 aromatic carbocycles. The molecule has 6 heteroatoms. The summed E-state index contributed by atoms with van der Waals surface area (Å²) in [5.41, 5.74) is 1.82. The van der Waals surface area contributed by atoms with Crippen molar-refractivity contribution in [1.29, 1.82) is 0 Å². The number of benzene rings is 1. The smallest absolute Gasteiger partial charge is 0.222 e. The molecule has 1 amide bonds. The number of nitrogens with zero attached hydrogens (tertiary/aromatic N) is 5. The van der Waals surface area contributed by atoms with Crippen LogP contribution in [-0.4, -0.2) is 51.9 Å². The van der Waals surface area contributed by atoms with E-state index in [1.165, 1.54) is 0 Å². The van der Waals surface area contributed by atoms with Crippen LogP contribution in [0.5, 0.6) is 0 Å². The van der Waals surface area contributed by atoms with Gasteiger partial charge >= 0.3 is 0 Å². The van der Waals surface area contributed by atoms with Gasteiger partial charge in [0.2, 0.25) is 5.91 Å². The van der Waals surface area contributed by atoms with Gasteiger partial charge in [0.15, 0.2) is 5.82 Å². The normalized spacial score (nSPS) is 14.7. The number of rotatable bonds is 4. The fraction of sp³-hybridized carbons (Fsp3) is 0.364. The Morgan fingerprint density at radius 2 is 1.82 bits per heavy atom. The SMILES string of the molecule is CC(C)CC(=O)N1CCN(c2nc(-c3cccnc3)nc3ccccc23)CC1. The monoisotopic (exact) mass is 375 g/mol. The maximum atomic E-state index is 12.4. The summed E-state index contributed by atoms with van der Waals surface area (Å²) in [7, 11) is 0. The Kier molecular flexibility index (Phi) is 5.19. The molecule has 1 saturated heterocycles. The first kappa shape index (κ1) is 18.3. The van der Waals surface area contributed by atoms with Gasteiger partial charge in [0.25, 0.3) is 0 Å². The second-order valence-electron chi connectivity index (χ2n) is 7.60. The van der Waals surface area contributed by atoms with Crippen molar-refractivity contribution in [3.05, 3.63) is 48.8 Å². The molecule has 0 unspecified atom stereocenters. The highest BCUT2D eigenvalue weighted by atomic mass is 16.2. The number of pyridine rings is 1. The first-order chi connectivity index (χ1) is 13.6. The molecule has 0 radical (unpaired) electrons. The molecule has 3 aromatic rings. The van der Waals surface area contributed by atoms with Crippen molar-refractivity contribution in [3.8, 4) is 11.4 Å². The quantitative estimate of drug-likeness (QED) is 0.699. The van der Waals surface area contributed by atoms with Crippen LogP contribution in [0.25, 0.3) is 22.3 Å². The molecule has 144 valence electrons. The summed E-state index contributed by atoms with van der Waals surface area (Å²) >= 11 is 0. The van der Waals surface area contributed by atoms with Gasteiger partial charge in [-0.1, -0.05) is 26.0 Å². The highest BCUT2D eigenvalue weighted by Crippen LogP contribution is 2.28. The van der Waals surface area contributed by atoms with E-state index in [2.05, 4.69) is 29.8 Å². The van der Waals surface area contributed by atoms with Crippen LogP contribution in [0, 0.1) is 5.92 Å². The Balaban J connectivity index is 1.63. The van der Waals surface area contributed by atoms with Crippen LogP contribution < -0.4 is 4.90 Å². The third kappa shape index (κ3) is 3.81. The van der Waals surface area contributed by atoms with Crippen molar-refractivity contribution < 1.29 is 4.79 Å². The molecule has 2 aromatic heterocycles. The number of hydrogen-bond donors (Lipinski definition) is 0. The molecule has 0 aliphatic carbocycles. The highest BCUT2D eigenvalue weighted by Gasteiger charge is 2.24. The van der Waals surface area contributed by atoms with E-state index in [1.807, 2.05) is 35.2 Å². The van der Waals surface area contributed by atoms with Gasteiger partial charge in [0.1, 0.15) is 5.82 Å². The minimum Gasteiger partial charge on any atom is -0.352 e. The van der Waals surface area contributed by atoms with E-state index in [0.717, 1.165) is 48.5 Å². The minimum absolute atomic E-state index is 0.248. The molecule has 0 N–H and O–H groups in total. The molecule has 0 spiro atoms. The molecule has 1 aliphatic rings. The van der Waals surface area contributed by atoms with Crippen LogP contribution in [0.2, 0.25) is 0 Å². The molecule has 0 bridgehead atoms. The summed E-state index contributed by atoms with van der Waals surface area (Å²) in [5.74, 6) is 2.25. The van der Waals surface area contributed by atoms with Gasteiger partial charge in [-0.25, -0.2) is 9.97 Å². The first-order valence-electron chi connectivity index (χ1n) is 9.81. The average molecular weight is 375 g/mol. The van der Waals surface area contributed by atoms with Gasteiger partial charge in [0, 0.05) is 55.9 Å². The summed E-state index contributed by atoms with van der Waals surface area (Å²) in [5, 5.41) is 1.04. The van der Waals surface area contributed by atoms with E-state index in [-0.39, 0.29) is 5.91 Å². The second-order valence-corrected chi connectivity index (χ2v) is 7.60. The molecule has 28 heavy (non-hydrogen) atoms. The number of piperazine rings is 1. The Bertz CT molecular complexity index is 965. The molecule has 6 nitrogen and oxygen atoms in total. The predicted octanol–water partition coefficient (Wildman–Crippen LogP) is 3.39. The number of amides is 1. The fourth-order valence-corrected chi connectivity index (χ4v) is 3.57. The molecule has 1 fully saturated rings. The van der Waals surface area contributed by atoms with E-state index >= 15 is 0 Å². The van der Waals surface area contributed by atoms with Crippen LogP contribution in [-0.2, 0) is 4.79 Å². The number of hydrogen-bond acceptors (Lipinski definition) is 5. The van der Waals surface area contributed by atoms with Gasteiger partial charge in [-0.3, -0.25) is 9.78 Å². The van der Waals surface area contributed by atoms with Gasteiger partial charge in [0.05, 0.1) is 5.52 Å². The standard InChI is InChI=1S/C22H25N5O/c1-16(2)14-20(28)26-10-12-27(13-11-26)22-18-7-3-4-8-19(18)24-21(25-22)17-6-5-9-23-15-17/h3-9,15-16H,10-14H2,1-2H3. The molecule has 3 heterocycles. The van der Waals surface area contributed by atoms with Gasteiger partial charge in [-0.15, -0.1) is 0 Å². The topological polar surface area (TPSA) is 62.2 Å². The lowest BCUT2D eigenvalue weighted by molar-refractivity contribution is -0.132. The van der Waals surface area contributed by atoms with E-state index in [4.69, 9.17) is 9.97 Å². The van der Waals surface area contributed by atoms with E-state index in [0.29, 0.717) is 18.2 Å². The zero-order chi connectivity index (χ0) is 19.5. The lowest BCUT2D eigenvalue weighted by atomic mass is 10.1. The van der Waals surface area contributed by atoms with Crippen molar-refractivity contribution in [2.75, 3.05) is 31.1 Å². The first-order valence-corrected chi connectivity index (χ1v) is 9.81. The molecular formula is C22H25N5O. The number of para-hydroxylation sites is 1. The van der Waals surface area contributed by atoms with Crippen molar-refractivity contribution in [2.45, 2.75) is 20.3 Å². The van der Waals surface area contributed by atoms with Crippen LogP contribution in [0.15, 0.2) is 48.8 Å². The zero-order valence-electron chi connectivity index (χ0n) is 16.4. The number of anilines is 1. The third-order valence-corrected chi connectivity index (χ3v) is 5.02. The number of aromatic nitrogens is 3. The van der Waals surface area contributed by atoms with Crippen molar-refractivity contribution in [2.24, 2.45) is 5.92 Å². The summed E-state index contributed by atoms with van der Waals surface area (Å²) in [6.45, 7) is 7.18. The van der Waals surface area contributed by atoms with Crippen molar-refractivity contribution >= 4 is 22.6 Å². The van der Waals surface area contributed by atoms with Gasteiger partial charge in [-0.2, -0.15) is 0 Å². The zero-order valence-corrected chi connectivity index (χ0v) is 16.4. The lowest BCUT2D eigenvalue weighted by Crippen LogP contribution is -2.49. The minimum atomic E-state index is 0.248. The Hall–Kier alpha value is -3.02. The van der Waals surface area contributed by atoms with Crippen LogP contribution in [0.1, 0.15) is 20.3 Å². The summed E-state index contributed by atoms with van der Waals surface area (Å²) in [6, 6.07) is 12.0. The Morgan fingerprint density at radius 1 is 1.04 bits per heavy atom. The second kappa shape index (κ2) is 7.92. The maximum absolute atomic E-state index is 12.4. The van der Waals surface area contributed by atoms with E-state index in [9.17, 15) is 4.79 Å². The summed E-state index contributed by atoms with van der Waals surface area (Å²) in [6.07, 6.45) is 4.15. The number of fused-ring (bicyclic) bond motifs is 1. The van der Waals surface area contributed by atoms with Crippen molar-refractivity contribution in [3.63, 3.8) is 0 Å².